The van der Waals surface area contributed by atoms with Gasteiger partial charge >= 0.3 is 0 Å². The number of hydrogen-bond acceptors (Lipinski definition) is 1. The molecule has 0 aliphatic rings. The Labute approximate surface area is 70.0 Å². The van der Waals surface area contributed by atoms with Gasteiger partial charge < -0.3 is 0 Å². The fourth-order valence-corrected chi connectivity index (χ4v) is 0.886. The number of halogens is 1. The highest BCUT2D eigenvalue weighted by atomic mass is 35.5. The van der Waals surface area contributed by atoms with E-state index in [0.717, 1.165) is 0 Å². The van der Waals surface area contributed by atoms with Crippen molar-refractivity contribution in [3.8, 4) is 12.3 Å². The number of aldehydes is 1. The molecule has 2 heteroatoms. The molecule has 0 unspecified atom stereocenters. The molecular formula is C9H5ClO. The molecule has 1 aromatic carbocycles. The second-order valence-electron chi connectivity index (χ2n) is 2.00. The van der Waals surface area contributed by atoms with Gasteiger partial charge in [0.2, 0.25) is 0 Å². The monoisotopic (exact) mass is 164 g/mol. The minimum atomic E-state index is 0.430. The van der Waals surface area contributed by atoms with E-state index in [9.17, 15) is 4.79 Å². The lowest BCUT2D eigenvalue weighted by molar-refractivity contribution is 0.112. The second-order valence-corrected chi connectivity index (χ2v) is 2.41. The molecule has 0 heterocycles. The Hall–Kier alpha value is -1.26. The summed E-state index contributed by atoms with van der Waals surface area (Å²) in [5.41, 5.74) is 1.10. The maximum atomic E-state index is 10.3. The maximum Gasteiger partial charge on any atom is 0.151 e. The van der Waals surface area contributed by atoms with Crippen molar-refractivity contribution < 1.29 is 4.79 Å². The molecule has 54 valence electrons. The van der Waals surface area contributed by atoms with E-state index in [2.05, 4.69) is 5.92 Å². The van der Waals surface area contributed by atoms with E-state index < -0.39 is 0 Å². The van der Waals surface area contributed by atoms with Gasteiger partial charge in [-0.2, -0.15) is 0 Å². The Morgan fingerprint density at radius 3 is 2.82 bits per heavy atom. The molecule has 0 radical (unpaired) electrons. The van der Waals surface area contributed by atoms with Gasteiger partial charge in [-0.05, 0) is 18.2 Å². The number of terminal acetylenes is 1. The third kappa shape index (κ3) is 1.60. The first-order chi connectivity index (χ1) is 5.27. The van der Waals surface area contributed by atoms with Crippen molar-refractivity contribution in [1.82, 2.24) is 0 Å². The summed E-state index contributed by atoms with van der Waals surface area (Å²) in [4.78, 5) is 10.3. The van der Waals surface area contributed by atoms with Gasteiger partial charge in [-0.25, -0.2) is 0 Å². The van der Waals surface area contributed by atoms with Gasteiger partial charge in [0.25, 0.3) is 0 Å². The SMILES string of the molecule is C#Cc1ccc(Cl)c(C=O)c1. The topological polar surface area (TPSA) is 17.1 Å². The van der Waals surface area contributed by atoms with Crippen molar-refractivity contribution in [2.75, 3.05) is 0 Å². The summed E-state index contributed by atoms with van der Waals surface area (Å²) in [7, 11) is 0. The molecule has 0 N–H and O–H groups in total. The average molecular weight is 165 g/mol. The Morgan fingerprint density at radius 2 is 2.27 bits per heavy atom. The van der Waals surface area contributed by atoms with Crippen LogP contribution >= 0.6 is 11.6 Å². The van der Waals surface area contributed by atoms with Crippen molar-refractivity contribution in [3.63, 3.8) is 0 Å². The second kappa shape index (κ2) is 3.23. The molecule has 11 heavy (non-hydrogen) atoms. The lowest BCUT2D eigenvalue weighted by atomic mass is 10.1. The molecule has 1 aromatic rings. The first kappa shape index (κ1) is 7.84. The van der Waals surface area contributed by atoms with Crippen LogP contribution in [0.4, 0.5) is 0 Å². The van der Waals surface area contributed by atoms with Crippen molar-refractivity contribution in [1.29, 1.82) is 0 Å². The fraction of sp³-hybridized carbons (Fsp3) is 0. The molecule has 0 aliphatic heterocycles. The molecule has 0 bridgehead atoms. The first-order valence-electron chi connectivity index (χ1n) is 2.99. The molecule has 0 aliphatic carbocycles. The summed E-state index contributed by atoms with van der Waals surface area (Å²) < 4.78 is 0. The summed E-state index contributed by atoms with van der Waals surface area (Å²) in [5, 5.41) is 0.430. The molecule has 0 atom stereocenters. The Bertz CT molecular complexity index is 323. The smallest absolute Gasteiger partial charge is 0.151 e. The van der Waals surface area contributed by atoms with Crippen LogP contribution in [-0.2, 0) is 0 Å². The molecule has 0 aromatic heterocycles. The van der Waals surface area contributed by atoms with E-state index in [1.807, 2.05) is 0 Å². The van der Waals surface area contributed by atoms with Crippen LogP contribution in [0.3, 0.4) is 0 Å². The molecule has 1 nitrogen and oxygen atoms in total. The highest BCUT2D eigenvalue weighted by molar-refractivity contribution is 6.32. The van der Waals surface area contributed by atoms with Crippen LogP contribution in [0.1, 0.15) is 15.9 Å². The lowest BCUT2D eigenvalue weighted by Gasteiger charge is -1.95. The third-order valence-electron chi connectivity index (χ3n) is 1.29. The van der Waals surface area contributed by atoms with Gasteiger partial charge in [0.1, 0.15) is 0 Å². The highest BCUT2D eigenvalue weighted by Gasteiger charge is 1.97. The van der Waals surface area contributed by atoms with Crippen molar-refractivity contribution >= 4 is 17.9 Å². The summed E-state index contributed by atoms with van der Waals surface area (Å²) in [6, 6.07) is 4.88. The summed E-state index contributed by atoms with van der Waals surface area (Å²) >= 11 is 5.65. The Kier molecular flexibility index (Phi) is 2.30. The minimum absolute atomic E-state index is 0.430. The summed E-state index contributed by atoms with van der Waals surface area (Å²) in [6.45, 7) is 0. The minimum Gasteiger partial charge on any atom is -0.298 e. The normalized spacial score (nSPS) is 8.73. The van der Waals surface area contributed by atoms with E-state index in [-0.39, 0.29) is 0 Å². The van der Waals surface area contributed by atoms with Crippen molar-refractivity contribution in [3.05, 3.63) is 34.3 Å². The number of benzene rings is 1. The molecule has 0 amide bonds. The molecule has 1 rings (SSSR count). The van der Waals surface area contributed by atoms with E-state index >= 15 is 0 Å². The van der Waals surface area contributed by atoms with Crippen LogP contribution in [0.5, 0.6) is 0 Å². The largest absolute Gasteiger partial charge is 0.298 e. The lowest BCUT2D eigenvalue weighted by Crippen LogP contribution is -1.83. The first-order valence-corrected chi connectivity index (χ1v) is 3.37. The Balaban J connectivity index is 3.25. The van der Waals surface area contributed by atoms with Gasteiger partial charge in [0, 0.05) is 11.1 Å². The van der Waals surface area contributed by atoms with Crippen LogP contribution in [0.15, 0.2) is 18.2 Å². The zero-order chi connectivity index (χ0) is 8.27. The van der Waals surface area contributed by atoms with Gasteiger partial charge in [0.15, 0.2) is 6.29 Å². The molecular weight excluding hydrogens is 160 g/mol. The van der Waals surface area contributed by atoms with E-state index in [1.54, 1.807) is 18.2 Å². The van der Waals surface area contributed by atoms with Crippen LogP contribution in [0.25, 0.3) is 0 Å². The molecule has 0 saturated carbocycles. The number of rotatable bonds is 1. The summed E-state index contributed by atoms with van der Waals surface area (Å²) in [6.07, 6.45) is 5.80. The third-order valence-corrected chi connectivity index (χ3v) is 1.63. The summed E-state index contributed by atoms with van der Waals surface area (Å²) in [5.74, 6) is 2.41. The Morgan fingerprint density at radius 1 is 1.55 bits per heavy atom. The van der Waals surface area contributed by atoms with E-state index in [1.165, 1.54) is 0 Å². The zero-order valence-electron chi connectivity index (χ0n) is 5.67. The van der Waals surface area contributed by atoms with Crippen LogP contribution < -0.4 is 0 Å². The molecule has 0 spiro atoms. The predicted molar refractivity (Wildman–Crippen MR) is 44.8 cm³/mol. The van der Waals surface area contributed by atoms with Gasteiger partial charge in [0.05, 0.1) is 5.02 Å². The van der Waals surface area contributed by atoms with Gasteiger partial charge in [-0.1, -0.05) is 17.5 Å². The predicted octanol–water partition coefficient (Wildman–Crippen LogP) is 2.13. The van der Waals surface area contributed by atoms with E-state index in [0.29, 0.717) is 22.4 Å². The van der Waals surface area contributed by atoms with Crippen LogP contribution in [0, 0.1) is 12.3 Å². The number of carbonyl (C=O) groups is 1. The number of carbonyl (C=O) groups excluding carboxylic acids is 1. The van der Waals surface area contributed by atoms with Crippen LogP contribution in [0.2, 0.25) is 5.02 Å². The number of hydrogen-bond donors (Lipinski definition) is 0. The fourth-order valence-electron chi connectivity index (χ4n) is 0.724. The van der Waals surface area contributed by atoms with E-state index in [4.69, 9.17) is 18.0 Å². The highest BCUT2D eigenvalue weighted by Crippen LogP contribution is 2.14. The van der Waals surface area contributed by atoms with Crippen LogP contribution in [-0.4, -0.2) is 6.29 Å². The van der Waals surface area contributed by atoms with Gasteiger partial charge in [-0.3, -0.25) is 4.79 Å². The quantitative estimate of drug-likeness (QED) is 0.459. The molecule has 0 fully saturated rings. The van der Waals surface area contributed by atoms with Crippen molar-refractivity contribution in [2.24, 2.45) is 0 Å². The standard InChI is InChI=1S/C9H5ClO/c1-2-7-3-4-9(10)8(5-7)6-11/h1,3-6H. The molecule has 0 saturated heterocycles. The van der Waals surface area contributed by atoms with Gasteiger partial charge in [-0.15, -0.1) is 6.42 Å². The maximum absolute atomic E-state index is 10.3. The van der Waals surface area contributed by atoms with Crippen molar-refractivity contribution in [2.45, 2.75) is 0 Å². The average Bonchev–Trinajstić information content (AvgIpc) is 2.05. The zero-order valence-corrected chi connectivity index (χ0v) is 6.43.